The van der Waals surface area contributed by atoms with E-state index in [9.17, 15) is 15.2 Å². The summed E-state index contributed by atoms with van der Waals surface area (Å²) < 4.78 is 6.91. The van der Waals surface area contributed by atoms with Gasteiger partial charge in [-0.25, -0.2) is 4.79 Å². The molecule has 6 nitrogen and oxygen atoms in total. The largest absolute Gasteiger partial charge is 0.465 e. The van der Waals surface area contributed by atoms with Gasteiger partial charge in [0.25, 0.3) is 0 Å². The maximum Gasteiger partial charge on any atom is 0.408 e. The van der Waals surface area contributed by atoms with Crippen molar-refractivity contribution in [1.82, 2.24) is 4.90 Å². The van der Waals surface area contributed by atoms with Gasteiger partial charge in [-0.2, -0.15) is 5.26 Å². The van der Waals surface area contributed by atoms with Gasteiger partial charge in [-0.1, -0.05) is 32.4 Å². The first kappa shape index (κ1) is 27.5. The lowest BCUT2D eigenvalue weighted by molar-refractivity contribution is -0.0317. The molecule has 2 atom stereocenters. The molecule has 33 heavy (non-hydrogen) atoms. The van der Waals surface area contributed by atoms with Gasteiger partial charge in [0, 0.05) is 17.8 Å². The number of anilines is 1. The molecular weight excluding hydrogens is 454 g/mol. The summed E-state index contributed by atoms with van der Waals surface area (Å²) in [4.78, 5) is 14.3. The van der Waals surface area contributed by atoms with Crippen LogP contribution in [0, 0.1) is 18.3 Å². The van der Waals surface area contributed by atoms with Crippen LogP contribution < -0.4 is 5.32 Å². The molecule has 0 saturated heterocycles. The zero-order valence-corrected chi connectivity index (χ0v) is 23.4. The van der Waals surface area contributed by atoms with Crippen molar-refractivity contribution in [2.24, 2.45) is 0 Å². The molecular formula is C25H40ClN3O3Si. The van der Waals surface area contributed by atoms with Crippen LogP contribution in [0.3, 0.4) is 0 Å². The number of hydrogen-bond donors (Lipinski definition) is 2. The highest BCUT2D eigenvalue weighted by molar-refractivity contribution is 6.74. The highest BCUT2D eigenvalue weighted by Crippen LogP contribution is 2.46. The highest BCUT2D eigenvalue weighted by atomic mass is 35.5. The average molecular weight is 494 g/mol. The van der Waals surface area contributed by atoms with Crippen molar-refractivity contribution in [2.75, 3.05) is 11.9 Å². The zero-order valence-electron chi connectivity index (χ0n) is 21.6. The number of nitrogens with zero attached hydrogens (tertiary/aromatic N) is 2. The molecule has 0 heterocycles. The SMILES string of the molecule is Cc1c(NCC2(N(C(=O)O)C(C)(C)C)CCCC2O[Si](C)(C)C(C)(C)C)ccc(C#N)c1Cl. The number of rotatable bonds is 6. The molecule has 1 saturated carbocycles. The van der Waals surface area contributed by atoms with Crippen LogP contribution in [0.1, 0.15) is 71.9 Å². The van der Waals surface area contributed by atoms with Crippen LogP contribution in [-0.2, 0) is 4.43 Å². The van der Waals surface area contributed by atoms with Crippen LogP contribution in [0.15, 0.2) is 12.1 Å². The maximum atomic E-state index is 12.7. The van der Waals surface area contributed by atoms with Crippen LogP contribution in [0.2, 0.25) is 23.2 Å². The summed E-state index contributed by atoms with van der Waals surface area (Å²) in [6.07, 6.45) is 1.28. The van der Waals surface area contributed by atoms with Crippen molar-refractivity contribution < 1.29 is 14.3 Å². The molecule has 2 rings (SSSR count). The standard InChI is InChI=1S/C25H40ClN3O3Si/c1-17-19(13-12-18(15-27)21(17)26)28-16-25(29(22(30)31)23(2,3)4)14-10-11-20(25)32-33(8,9)24(5,6)7/h12-13,20,28H,10-11,14,16H2,1-9H3,(H,30,31). The van der Waals surface area contributed by atoms with Gasteiger partial charge < -0.3 is 14.8 Å². The predicted octanol–water partition coefficient (Wildman–Crippen LogP) is 7.02. The number of amides is 1. The number of carboxylic acid groups (broad SMARTS) is 1. The summed E-state index contributed by atoms with van der Waals surface area (Å²) in [5.74, 6) is 0. The summed E-state index contributed by atoms with van der Waals surface area (Å²) in [7, 11) is -2.14. The van der Waals surface area contributed by atoms with Gasteiger partial charge in [0.2, 0.25) is 0 Å². The van der Waals surface area contributed by atoms with Crippen LogP contribution in [-0.4, -0.2) is 48.1 Å². The average Bonchev–Trinajstić information content (AvgIpc) is 3.02. The molecule has 1 aliphatic rings. The zero-order chi connectivity index (χ0) is 25.4. The highest BCUT2D eigenvalue weighted by Gasteiger charge is 2.55. The Balaban J connectivity index is 2.54. The van der Waals surface area contributed by atoms with Crippen LogP contribution in [0.5, 0.6) is 0 Å². The number of carbonyl (C=O) groups is 1. The smallest absolute Gasteiger partial charge is 0.408 e. The second kappa shape index (κ2) is 9.48. The van der Waals surface area contributed by atoms with Gasteiger partial charge >= 0.3 is 6.09 Å². The number of halogens is 1. The minimum Gasteiger partial charge on any atom is -0.465 e. The van der Waals surface area contributed by atoms with Gasteiger partial charge in [-0.3, -0.25) is 4.90 Å². The topological polar surface area (TPSA) is 85.6 Å². The fourth-order valence-corrected chi connectivity index (χ4v) is 6.23. The molecule has 184 valence electrons. The van der Waals surface area contributed by atoms with E-state index in [1.54, 1.807) is 11.0 Å². The quantitative estimate of drug-likeness (QED) is 0.415. The fraction of sp³-hybridized carbons (Fsp3) is 0.680. The van der Waals surface area contributed by atoms with E-state index in [2.05, 4.69) is 45.3 Å². The monoisotopic (exact) mass is 493 g/mol. The molecule has 0 spiro atoms. The molecule has 1 aliphatic carbocycles. The van der Waals surface area contributed by atoms with Gasteiger partial charge in [-0.15, -0.1) is 0 Å². The minimum atomic E-state index is -2.14. The fourth-order valence-electron chi connectivity index (χ4n) is 4.62. The summed E-state index contributed by atoms with van der Waals surface area (Å²) in [5, 5.41) is 23.6. The van der Waals surface area contributed by atoms with E-state index in [4.69, 9.17) is 16.0 Å². The third kappa shape index (κ3) is 5.50. The van der Waals surface area contributed by atoms with Gasteiger partial charge in [-0.05, 0) is 82.8 Å². The first-order valence-corrected chi connectivity index (χ1v) is 14.9. The number of nitrogens with one attached hydrogen (secondary N) is 1. The van der Waals surface area contributed by atoms with Crippen molar-refractivity contribution in [3.8, 4) is 6.07 Å². The predicted molar refractivity (Wildman–Crippen MR) is 138 cm³/mol. The summed E-state index contributed by atoms with van der Waals surface area (Å²) in [6, 6.07) is 5.64. The van der Waals surface area contributed by atoms with E-state index >= 15 is 0 Å². The second-order valence-corrected chi connectivity index (χ2v) is 16.9. The van der Waals surface area contributed by atoms with Crippen LogP contribution in [0.4, 0.5) is 10.5 Å². The van der Waals surface area contributed by atoms with Crippen molar-refractivity contribution in [3.05, 3.63) is 28.3 Å². The van der Waals surface area contributed by atoms with E-state index in [1.807, 2.05) is 33.8 Å². The minimum absolute atomic E-state index is 0.0157. The summed E-state index contributed by atoms with van der Waals surface area (Å²) in [6.45, 7) is 19.1. The van der Waals surface area contributed by atoms with E-state index in [0.717, 1.165) is 24.1 Å². The molecule has 8 heteroatoms. The molecule has 2 N–H and O–H groups in total. The van der Waals surface area contributed by atoms with E-state index in [0.29, 0.717) is 23.6 Å². The molecule has 2 unspecified atom stereocenters. The first-order valence-electron chi connectivity index (χ1n) is 11.6. The molecule has 0 bridgehead atoms. The number of nitriles is 1. The van der Waals surface area contributed by atoms with Crippen molar-refractivity contribution >= 4 is 31.7 Å². The molecule has 1 fully saturated rings. The maximum absolute atomic E-state index is 12.7. The Kier molecular flexibility index (Phi) is 7.90. The molecule has 1 aromatic rings. The number of benzene rings is 1. The third-order valence-electron chi connectivity index (χ3n) is 7.32. The van der Waals surface area contributed by atoms with Crippen LogP contribution in [0.25, 0.3) is 0 Å². The Labute approximate surface area is 205 Å². The molecule has 0 aromatic heterocycles. The lowest BCUT2D eigenvalue weighted by atomic mass is 9.87. The van der Waals surface area contributed by atoms with Crippen molar-refractivity contribution in [2.45, 2.75) is 103 Å². The third-order valence-corrected chi connectivity index (χ3v) is 12.3. The van der Waals surface area contributed by atoms with Gasteiger partial charge in [0.05, 0.1) is 22.2 Å². The Morgan fingerprint density at radius 2 is 1.94 bits per heavy atom. The van der Waals surface area contributed by atoms with Crippen molar-refractivity contribution in [1.29, 1.82) is 5.26 Å². The van der Waals surface area contributed by atoms with Gasteiger partial charge in [0.1, 0.15) is 6.07 Å². The lowest BCUT2D eigenvalue weighted by Gasteiger charge is -2.52. The molecule has 1 amide bonds. The lowest BCUT2D eigenvalue weighted by Crippen LogP contribution is -2.67. The molecule has 0 aliphatic heterocycles. The second-order valence-electron chi connectivity index (χ2n) is 11.7. The Bertz CT molecular complexity index is 931. The Hall–Kier alpha value is -1.75. The van der Waals surface area contributed by atoms with E-state index in [1.165, 1.54) is 0 Å². The first-order chi connectivity index (χ1) is 15.0. The Morgan fingerprint density at radius 1 is 1.33 bits per heavy atom. The Morgan fingerprint density at radius 3 is 2.42 bits per heavy atom. The molecule has 0 radical (unpaired) electrons. The van der Waals surface area contributed by atoms with E-state index in [-0.39, 0.29) is 11.1 Å². The van der Waals surface area contributed by atoms with E-state index < -0.39 is 25.5 Å². The normalized spacial score (nSPS) is 21.5. The number of hydrogen-bond acceptors (Lipinski definition) is 4. The van der Waals surface area contributed by atoms with Crippen LogP contribution >= 0.6 is 11.6 Å². The van der Waals surface area contributed by atoms with Gasteiger partial charge in [0.15, 0.2) is 8.32 Å². The summed E-state index contributed by atoms with van der Waals surface area (Å²) >= 11 is 6.39. The molecule has 1 aromatic carbocycles. The summed E-state index contributed by atoms with van der Waals surface area (Å²) in [5.41, 5.74) is 0.673. The van der Waals surface area contributed by atoms with Crippen molar-refractivity contribution in [3.63, 3.8) is 0 Å².